The van der Waals surface area contributed by atoms with Gasteiger partial charge in [0.05, 0.1) is 26.1 Å². The van der Waals surface area contributed by atoms with Crippen molar-refractivity contribution in [1.29, 1.82) is 0 Å². The lowest BCUT2D eigenvalue weighted by atomic mass is 10.00. The van der Waals surface area contributed by atoms with E-state index in [-0.39, 0.29) is 5.91 Å². The van der Waals surface area contributed by atoms with Gasteiger partial charge in [-0.2, -0.15) is 0 Å². The van der Waals surface area contributed by atoms with Gasteiger partial charge in [-0.15, -0.1) is 0 Å². The number of ether oxygens (including phenoxy) is 2. The SMILES string of the molecule is CCC1CCCCN1c1ccc(NC(=O)CCc2ccc(OC)c(OC)c2)cn1. The highest BCUT2D eigenvalue weighted by molar-refractivity contribution is 5.90. The monoisotopic (exact) mass is 397 g/mol. The molecule has 0 aliphatic carbocycles. The number of nitrogens with one attached hydrogen (secondary N) is 1. The van der Waals surface area contributed by atoms with Crippen LogP contribution in [0.15, 0.2) is 36.5 Å². The Morgan fingerprint density at radius 2 is 2.00 bits per heavy atom. The Morgan fingerprint density at radius 1 is 1.17 bits per heavy atom. The number of benzene rings is 1. The summed E-state index contributed by atoms with van der Waals surface area (Å²) >= 11 is 0. The van der Waals surface area contributed by atoms with E-state index >= 15 is 0 Å². The van der Waals surface area contributed by atoms with E-state index in [1.807, 2.05) is 30.3 Å². The molecule has 6 nitrogen and oxygen atoms in total. The van der Waals surface area contributed by atoms with E-state index < -0.39 is 0 Å². The Hall–Kier alpha value is -2.76. The standard InChI is InChI=1S/C23H31N3O3/c1-4-19-7-5-6-14-26(19)22-12-10-18(16-24-22)25-23(27)13-9-17-8-11-20(28-2)21(15-17)29-3/h8,10-12,15-16,19H,4-7,9,13-14H2,1-3H3,(H,25,27). The first-order valence-corrected chi connectivity index (χ1v) is 10.4. The van der Waals surface area contributed by atoms with Crippen LogP contribution in [-0.4, -0.2) is 37.7 Å². The molecule has 6 heteroatoms. The highest BCUT2D eigenvalue weighted by atomic mass is 16.5. The Labute approximate surface area is 173 Å². The van der Waals surface area contributed by atoms with Crippen molar-refractivity contribution in [2.24, 2.45) is 0 Å². The molecule has 0 spiro atoms. The van der Waals surface area contributed by atoms with Gasteiger partial charge in [0.1, 0.15) is 5.82 Å². The Bertz CT molecular complexity index is 808. The first-order chi connectivity index (χ1) is 14.1. The molecule has 1 aromatic heterocycles. The van der Waals surface area contributed by atoms with Gasteiger partial charge in [-0.3, -0.25) is 4.79 Å². The molecule has 1 aromatic carbocycles. The minimum atomic E-state index is -0.0289. The molecule has 1 unspecified atom stereocenters. The van der Waals surface area contributed by atoms with Crippen molar-refractivity contribution in [2.75, 3.05) is 31.0 Å². The smallest absolute Gasteiger partial charge is 0.224 e. The van der Waals surface area contributed by atoms with Gasteiger partial charge < -0.3 is 19.7 Å². The number of aryl methyl sites for hydroxylation is 1. The summed E-state index contributed by atoms with van der Waals surface area (Å²) in [7, 11) is 3.22. The van der Waals surface area contributed by atoms with Crippen LogP contribution in [-0.2, 0) is 11.2 Å². The average molecular weight is 398 g/mol. The predicted octanol–water partition coefficient (Wildman–Crippen LogP) is 4.44. The number of methoxy groups -OCH3 is 2. The van der Waals surface area contributed by atoms with Gasteiger partial charge in [-0.25, -0.2) is 4.98 Å². The molecule has 1 atom stereocenters. The van der Waals surface area contributed by atoms with Crippen molar-refractivity contribution in [1.82, 2.24) is 4.98 Å². The highest BCUT2D eigenvalue weighted by Crippen LogP contribution is 2.28. The predicted molar refractivity (Wildman–Crippen MR) is 116 cm³/mol. The third-order valence-electron chi connectivity index (χ3n) is 5.51. The highest BCUT2D eigenvalue weighted by Gasteiger charge is 2.21. The molecule has 1 saturated heterocycles. The molecule has 0 radical (unpaired) electrons. The second-order valence-corrected chi connectivity index (χ2v) is 7.39. The third kappa shape index (κ3) is 5.40. The number of anilines is 2. The number of nitrogens with zero attached hydrogens (tertiary/aromatic N) is 2. The van der Waals surface area contributed by atoms with Gasteiger partial charge in [0.15, 0.2) is 11.5 Å². The van der Waals surface area contributed by atoms with Crippen molar-refractivity contribution in [3.8, 4) is 11.5 Å². The minimum Gasteiger partial charge on any atom is -0.493 e. The molecule has 1 aliphatic rings. The van der Waals surface area contributed by atoms with E-state index in [9.17, 15) is 4.79 Å². The molecule has 2 heterocycles. The lowest BCUT2D eigenvalue weighted by molar-refractivity contribution is -0.116. The number of carbonyl (C=O) groups is 1. The molecule has 1 N–H and O–H groups in total. The zero-order chi connectivity index (χ0) is 20.6. The van der Waals surface area contributed by atoms with Crippen molar-refractivity contribution in [2.45, 2.75) is 51.5 Å². The maximum atomic E-state index is 12.3. The summed E-state index contributed by atoms with van der Waals surface area (Å²) < 4.78 is 10.6. The van der Waals surface area contributed by atoms with Gasteiger partial charge in [-0.1, -0.05) is 13.0 Å². The Kier molecular flexibility index (Phi) is 7.33. The van der Waals surface area contributed by atoms with Crippen LogP contribution >= 0.6 is 0 Å². The Balaban J connectivity index is 1.54. The zero-order valence-electron chi connectivity index (χ0n) is 17.6. The second-order valence-electron chi connectivity index (χ2n) is 7.39. The van der Waals surface area contributed by atoms with Crippen LogP contribution in [0.25, 0.3) is 0 Å². The lowest BCUT2D eigenvalue weighted by Crippen LogP contribution is -2.39. The van der Waals surface area contributed by atoms with Crippen LogP contribution in [0.3, 0.4) is 0 Å². The topological polar surface area (TPSA) is 63.7 Å². The fourth-order valence-corrected chi connectivity index (χ4v) is 3.87. The van der Waals surface area contributed by atoms with Crippen LogP contribution in [0, 0.1) is 0 Å². The van der Waals surface area contributed by atoms with Gasteiger partial charge in [0, 0.05) is 19.0 Å². The first-order valence-electron chi connectivity index (χ1n) is 10.4. The fraction of sp³-hybridized carbons (Fsp3) is 0.478. The number of piperidine rings is 1. The molecule has 0 saturated carbocycles. The molecule has 29 heavy (non-hydrogen) atoms. The van der Waals surface area contributed by atoms with Crippen molar-refractivity contribution >= 4 is 17.4 Å². The molecule has 1 fully saturated rings. The maximum Gasteiger partial charge on any atom is 0.224 e. The molecule has 1 amide bonds. The molecule has 3 rings (SSSR count). The Morgan fingerprint density at radius 3 is 2.69 bits per heavy atom. The van der Waals surface area contributed by atoms with Crippen molar-refractivity contribution in [3.63, 3.8) is 0 Å². The van der Waals surface area contributed by atoms with Crippen molar-refractivity contribution in [3.05, 3.63) is 42.1 Å². The van der Waals surface area contributed by atoms with Crippen molar-refractivity contribution < 1.29 is 14.3 Å². The number of hydrogen-bond acceptors (Lipinski definition) is 5. The summed E-state index contributed by atoms with van der Waals surface area (Å²) in [6.07, 6.45) is 7.65. The number of amides is 1. The van der Waals surface area contributed by atoms with Crippen LogP contribution in [0.1, 0.15) is 44.6 Å². The van der Waals surface area contributed by atoms with E-state index in [0.29, 0.717) is 30.4 Å². The van der Waals surface area contributed by atoms with Crippen LogP contribution in [0.5, 0.6) is 11.5 Å². The van der Waals surface area contributed by atoms with E-state index in [4.69, 9.17) is 9.47 Å². The third-order valence-corrected chi connectivity index (χ3v) is 5.51. The normalized spacial score (nSPS) is 16.4. The van der Waals surface area contributed by atoms with E-state index in [2.05, 4.69) is 22.1 Å². The van der Waals surface area contributed by atoms with Crippen LogP contribution < -0.4 is 19.7 Å². The van der Waals surface area contributed by atoms with Gasteiger partial charge in [0.2, 0.25) is 5.91 Å². The average Bonchev–Trinajstić information content (AvgIpc) is 2.78. The van der Waals surface area contributed by atoms with Crippen LogP contribution in [0.4, 0.5) is 11.5 Å². The molecule has 0 bridgehead atoms. The van der Waals surface area contributed by atoms with Gasteiger partial charge in [0.25, 0.3) is 0 Å². The summed E-state index contributed by atoms with van der Waals surface area (Å²) in [5.41, 5.74) is 1.76. The number of aromatic nitrogens is 1. The largest absolute Gasteiger partial charge is 0.493 e. The number of carbonyl (C=O) groups excluding carboxylic acids is 1. The summed E-state index contributed by atoms with van der Waals surface area (Å²) in [4.78, 5) is 19.3. The van der Waals surface area contributed by atoms with E-state index in [1.54, 1.807) is 20.4 Å². The molecule has 156 valence electrons. The number of hydrogen-bond donors (Lipinski definition) is 1. The molecular formula is C23H31N3O3. The molecule has 2 aromatic rings. The number of pyridine rings is 1. The van der Waals surface area contributed by atoms with Gasteiger partial charge in [-0.05, 0) is 61.9 Å². The van der Waals surface area contributed by atoms with E-state index in [1.165, 1.54) is 19.3 Å². The maximum absolute atomic E-state index is 12.3. The first kappa shape index (κ1) is 21.0. The minimum absolute atomic E-state index is 0.0289. The number of rotatable bonds is 8. The van der Waals surface area contributed by atoms with Crippen LogP contribution in [0.2, 0.25) is 0 Å². The lowest BCUT2D eigenvalue weighted by Gasteiger charge is -2.36. The summed E-state index contributed by atoms with van der Waals surface area (Å²) in [5.74, 6) is 2.33. The summed E-state index contributed by atoms with van der Waals surface area (Å²) in [6, 6.07) is 10.2. The van der Waals surface area contributed by atoms with Gasteiger partial charge >= 0.3 is 0 Å². The quantitative estimate of drug-likeness (QED) is 0.713. The fourth-order valence-electron chi connectivity index (χ4n) is 3.87. The second kappa shape index (κ2) is 10.1. The zero-order valence-corrected chi connectivity index (χ0v) is 17.6. The van der Waals surface area contributed by atoms with E-state index in [0.717, 1.165) is 30.0 Å². The summed E-state index contributed by atoms with van der Waals surface area (Å²) in [6.45, 7) is 3.29. The molecular weight excluding hydrogens is 366 g/mol. The summed E-state index contributed by atoms with van der Waals surface area (Å²) in [5, 5.41) is 2.94. The molecule has 1 aliphatic heterocycles.